The molecule has 5 heteroatoms. The normalized spacial score (nSPS) is 22.5. The van der Waals surface area contributed by atoms with Gasteiger partial charge in [-0.1, -0.05) is 18.2 Å². The van der Waals surface area contributed by atoms with E-state index in [-0.39, 0.29) is 11.4 Å². The summed E-state index contributed by atoms with van der Waals surface area (Å²) in [6.07, 6.45) is 3.96. The Morgan fingerprint density at radius 1 is 1.23 bits per heavy atom. The molecular formula is C17H21N3O2. The minimum atomic E-state index is -0.00470. The van der Waals surface area contributed by atoms with Crippen LogP contribution >= 0.6 is 0 Å². The number of para-hydroxylation sites is 1. The number of ether oxygens (including phenoxy) is 1. The summed E-state index contributed by atoms with van der Waals surface area (Å²) in [6.45, 7) is 3.35. The van der Waals surface area contributed by atoms with E-state index in [9.17, 15) is 4.79 Å². The molecule has 0 aliphatic carbocycles. The van der Waals surface area contributed by atoms with Crippen molar-refractivity contribution < 1.29 is 9.53 Å². The SMILES string of the molecule is O=C(NC1=Nc2ccccc2C1)N1CCC2(CCOCC2)C1. The molecule has 0 bridgehead atoms. The van der Waals surface area contributed by atoms with Crippen molar-refractivity contribution in [1.82, 2.24) is 10.2 Å². The van der Waals surface area contributed by atoms with E-state index < -0.39 is 0 Å². The number of carbonyl (C=O) groups excluding carboxylic acids is 1. The van der Waals surface area contributed by atoms with Crippen LogP contribution in [0.25, 0.3) is 0 Å². The van der Waals surface area contributed by atoms with Crippen molar-refractivity contribution in [2.75, 3.05) is 26.3 Å². The molecule has 2 saturated heterocycles. The maximum Gasteiger partial charge on any atom is 0.322 e. The molecule has 1 aromatic rings. The highest BCUT2D eigenvalue weighted by molar-refractivity contribution is 6.02. The summed E-state index contributed by atoms with van der Waals surface area (Å²) < 4.78 is 5.46. The molecule has 3 heterocycles. The topological polar surface area (TPSA) is 53.9 Å². The fourth-order valence-corrected chi connectivity index (χ4v) is 3.73. The van der Waals surface area contributed by atoms with Crippen molar-refractivity contribution in [3.05, 3.63) is 29.8 Å². The van der Waals surface area contributed by atoms with Crippen LogP contribution < -0.4 is 5.32 Å². The first-order chi connectivity index (χ1) is 10.7. The third-order valence-corrected chi connectivity index (χ3v) is 5.14. The zero-order chi connectivity index (χ0) is 15.0. The Bertz CT molecular complexity index is 620. The van der Waals surface area contributed by atoms with Crippen molar-refractivity contribution in [3.8, 4) is 0 Å². The van der Waals surface area contributed by atoms with Crippen molar-refractivity contribution in [1.29, 1.82) is 0 Å². The molecule has 0 saturated carbocycles. The van der Waals surface area contributed by atoms with E-state index in [0.29, 0.717) is 0 Å². The summed E-state index contributed by atoms with van der Waals surface area (Å²) in [5, 5.41) is 3.00. The van der Waals surface area contributed by atoms with Crippen LogP contribution in [-0.4, -0.2) is 43.1 Å². The highest BCUT2D eigenvalue weighted by atomic mass is 16.5. The van der Waals surface area contributed by atoms with Crippen LogP contribution in [0.1, 0.15) is 24.8 Å². The molecule has 2 fully saturated rings. The Labute approximate surface area is 130 Å². The van der Waals surface area contributed by atoms with Crippen molar-refractivity contribution in [3.63, 3.8) is 0 Å². The molecule has 0 aromatic heterocycles. The van der Waals surface area contributed by atoms with Crippen LogP contribution in [0.2, 0.25) is 0 Å². The summed E-state index contributed by atoms with van der Waals surface area (Å²) in [4.78, 5) is 18.9. The maximum atomic E-state index is 12.5. The Hall–Kier alpha value is -1.88. The van der Waals surface area contributed by atoms with Gasteiger partial charge in [-0.15, -0.1) is 0 Å². The monoisotopic (exact) mass is 299 g/mol. The number of benzene rings is 1. The van der Waals surface area contributed by atoms with E-state index in [1.807, 2.05) is 23.1 Å². The molecule has 116 valence electrons. The highest BCUT2D eigenvalue weighted by Crippen LogP contribution is 2.39. The van der Waals surface area contributed by atoms with Crippen molar-refractivity contribution in [2.24, 2.45) is 10.4 Å². The summed E-state index contributed by atoms with van der Waals surface area (Å²) in [7, 11) is 0. The molecule has 3 aliphatic heterocycles. The third kappa shape index (κ3) is 2.50. The zero-order valence-corrected chi connectivity index (χ0v) is 12.7. The minimum absolute atomic E-state index is 0.00470. The lowest BCUT2D eigenvalue weighted by molar-refractivity contribution is 0.0209. The van der Waals surface area contributed by atoms with Crippen molar-refractivity contribution in [2.45, 2.75) is 25.7 Å². The van der Waals surface area contributed by atoms with Gasteiger partial charge in [-0.2, -0.15) is 0 Å². The maximum absolute atomic E-state index is 12.5. The third-order valence-electron chi connectivity index (χ3n) is 5.14. The van der Waals surface area contributed by atoms with Gasteiger partial charge in [-0.25, -0.2) is 9.79 Å². The van der Waals surface area contributed by atoms with Gasteiger partial charge in [-0.05, 0) is 36.3 Å². The van der Waals surface area contributed by atoms with E-state index in [1.165, 1.54) is 5.56 Å². The summed E-state index contributed by atoms with van der Waals surface area (Å²) in [5.74, 6) is 0.763. The van der Waals surface area contributed by atoms with Crippen LogP contribution in [0.3, 0.4) is 0 Å². The average Bonchev–Trinajstić information content (AvgIpc) is 3.12. The molecule has 5 nitrogen and oxygen atoms in total. The van der Waals surface area contributed by atoms with Crippen LogP contribution in [0, 0.1) is 5.41 Å². The van der Waals surface area contributed by atoms with Gasteiger partial charge in [0.2, 0.25) is 0 Å². The lowest BCUT2D eigenvalue weighted by Gasteiger charge is -2.33. The van der Waals surface area contributed by atoms with E-state index in [0.717, 1.165) is 63.5 Å². The minimum Gasteiger partial charge on any atom is -0.381 e. The molecule has 3 aliphatic rings. The number of urea groups is 1. The second kappa shape index (κ2) is 5.39. The largest absolute Gasteiger partial charge is 0.381 e. The Kier molecular flexibility index (Phi) is 3.37. The number of carbonyl (C=O) groups is 1. The molecule has 22 heavy (non-hydrogen) atoms. The number of rotatable bonds is 0. The van der Waals surface area contributed by atoms with Gasteiger partial charge < -0.3 is 9.64 Å². The van der Waals surface area contributed by atoms with Crippen molar-refractivity contribution >= 4 is 17.6 Å². The molecule has 1 N–H and O–H groups in total. The van der Waals surface area contributed by atoms with E-state index >= 15 is 0 Å². The molecule has 4 rings (SSSR count). The number of nitrogens with one attached hydrogen (secondary N) is 1. The number of hydrogen-bond donors (Lipinski definition) is 1. The predicted molar refractivity (Wildman–Crippen MR) is 84.4 cm³/mol. The van der Waals surface area contributed by atoms with Crippen LogP contribution in [-0.2, 0) is 11.2 Å². The van der Waals surface area contributed by atoms with Gasteiger partial charge in [0.05, 0.1) is 5.69 Å². The zero-order valence-electron chi connectivity index (χ0n) is 12.7. The number of likely N-dealkylation sites (tertiary alicyclic amines) is 1. The second-order valence-corrected chi connectivity index (χ2v) is 6.58. The quantitative estimate of drug-likeness (QED) is 0.800. The number of nitrogens with zero attached hydrogens (tertiary/aromatic N) is 2. The van der Waals surface area contributed by atoms with Gasteiger partial charge in [0, 0.05) is 32.7 Å². The van der Waals surface area contributed by atoms with Gasteiger partial charge in [-0.3, -0.25) is 5.32 Å². The van der Waals surface area contributed by atoms with Crippen LogP contribution in [0.5, 0.6) is 0 Å². The molecule has 0 radical (unpaired) electrons. The molecule has 2 amide bonds. The first-order valence-electron chi connectivity index (χ1n) is 8.03. The molecule has 0 unspecified atom stereocenters. The Morgan fingerprint density at radius 3 is 2.86 bits per heavy atom. The number of amidine groups is 1. The van der Waals surface area contributed by atoms with E-state index in [4.69, 9.17) is 4.74 Å². The molecule has 1 spiro atoms. The van der Waals surface area contributed by atoms with Gasteiger partial charge in [0.15, 0.2) is 0 Å². The summed E-state index contributed by atoms with van der Waals surface area (Å²) in [6, 6.07) is 8.03. The first kappa shape index (κ1) is 13.8. The number of fused-ring (bicyclic) bond motifs is 1. The summed E-state index contributed by atoms with van der Waals surface area (Å²) >= 11 is 0. The fourth-order valence-electron chi connectivity index (χ4n) is 3.73. The average molecular weight is 299 g/mol. The molecular weight excluding hydrogens is 278 g/mol. The number of amides is 2. The smallest absolute Gasteiger partial charge is 0.322 e. The Morgan fingerprint density at radius 2 is 2.05 bits per heavy atom. The van der Waals surface area contributed by atoms with Crippen LogP contribution in [0.4, 0.5) is 10.5 Å². The first-order valence-corrected chi connectivity index (χ1v) is 8.03. The lowest BCUT2D eigenvalue weighted by Crippen LogP contribution is -2.43. The standard InChI is InChI=1S/C17H21N3O2/c21-16(19-15-11-13-3-1-2-4-14(13)18-15)20-8-5-17(12-20)6-9-22-10-7-17/h1-4H,5-12H2,(H,18,19,21). The fraction of sp³-hybridized carbons (Fsp3) is 0.529. The molecule has 0 atom stereocenters. The Balaban J connectivity index is 1.38. The van der Waals surface area contributed by atoms with Crippen LogP contribution in [0.15, 0.2) is 29.3 Å². The highest BCUT2D eigenvalue weighted by Gasteiger charge is 2.41. The second-order valence-electron chi connectivity index (χ2n) is 6.58. The molecule has 1 aromatic carbocycles. The lowest BCUT2D eigenvalue weighted by atomic mass is 9.80. The van der Waals surface area contributed by atoms with Gasteiger partial charge in [0.1, 0.15) is 5.84 Å². The predicted octanol–water partition coefficient (Wildman–Crippen LogP) is 2.48. The van der Waals surface area contributed by atoms with Gasteiger partial charge >= 0.3 is 6.03 Å². The van der Waals surface area contributed by atoms with E-state index in [1.54, 1.807) is 0 Å². The number of aliphatic imine (C=N–C) groups is 1. The van der Waals surface area contributed by atoms with Gasteiger partial charge in [0.25, 0.3) is 0 Å². The summed E-state index contributed by atoms with van der Waals surface area (Å²) in [5.41, 5.74) is 2.44. The number of hydrogen-bond acceptors (Lipinski definition) is 3. The van der Waals surface area contributed by atoms with E-state index in [2.05, 4.69) is 16.4 Å².